The molecular weight excluding hydrogens is 274 g/mol. The molecule has 5 heteroatoms. The van der Waals surface area contributed by atoms with Crippen LogP contribution in [0, 0.1) is 11.6 Å². The molecule has 2 aromatic rings. The van der Waals surface area contributed by atoms with E-state index < -0.39 is 11.6 Å². The van der Waals surface area contributed by atoms with Crippen LogP contribution >= 0.6 is 0 Å². The molecule has 0 amide bonds. The van der Waals surface area contributed by atoms with E-state index in [9.17, 15) is 13.6 Å². The van der Waals surface area contributed by atoms with E-state index in [-0.39, 0.29) is 11.5 Å². The van der Waals surface area contributed by atoms with Crippen LogP contribution in [-0.4, -0.2) is 16.0 Å². The predicted molar refractivity (Wildman–Crippen MR) is 75.9 cm³/mol. The fourth-order valence-electron chi connectivity index (χ4n) is 2.79. The van der Waals surface area contributed by atoms with E-state index in [1.807, 2.05) is 16.4 Å². The molecule has 0 aliphatic carbocycles. The van der Waals surface area contributed by atoms with Gasteiger partial charge in [-0.1, -0.05) is 0 Å². The van der Waals surface area contributed by atoms with Gasteiger partial charge in [-0.3, -0.25) is 9.69 Å². The third kappa shape index (κ3) is 2.74. The Morgan fingerprint density at radius 3 is 2.76 bits per heavy atom. The molecule has 1 unspecified atom stereocenters. The molecule has 1 aromatic carbocycles. The Morgan fingerprint density at radius 2 is 1.95 bits per heavy atom. The van der Waals surface area contributed by atoms with E-state index in [0.717, 1.165) is 30.9 Å². The lowest BCUT2D eigenvalue weighted by molar-refractivity contribution is 0.162. The van der Waals surface area contributed by atoms with Gasteiger partial charge in [-0.2, -0.15) is 0 Å². The first-order chi connectivity index (χ1) is 10.0. The topological polar surface area (TPSA) is 25.2 Å². The van der Waals surface area contributed by atoms with Crippen molar-refractivity contribution < 1.29 is 8.78 Å². The lowest BCUT2D eigenvalue weighted by atomic mass is 10.0. The van der Waals surface area contributed by atoms with E-state index in [1.165, 1.54) is 12.1 Å². The van der Waals surface area contributed by atoms with E-state index >= 15 is 0 Å². The largest absolute Gasteiger partial charge is 0.349 e. The molecule has 1 aromatic heterocycles. The summed E-state index contributed by atoms with van der Waals surface area (Å²) in [4.78, 5) is 13.5. The molecule has 110 valence electrons. The number of hydrogen-bond acceptors (Lipinski definition) is 2. The van der Waals surface area contributed by atoms with Crippen LogP contribution in [0.5, 0.6) is 0 Å². The molecule has 0 N–H and O–H groups in total. The molecule has 0 saturated heterocycles. The smallest absolute Gasteiger partial charge is 0.181 e. The molecule has 0 radical (unpaired) electrons. The maximum atomic E-state index is 13.9. The van der Waals surface area contributed by atoms with Crippen LogP contribution in [0.25, 0.3) is 0 Å². The number of halogens is 2. The number of aromatic nitrogens is 1. The van der Waals surface area contributed by atoms with Gasteiger partial charge in [0.15, 0.2) is 5.43 Å². The Hall–Kier alpha value is -2.01. The molecule has 1 aliphatic heterocycles. The minimum absolute atomic E-state index is 0.0345. The Bertz CT molecular complexity index is 726. The van der Waals surface area contributed by atoms with Gasteiger partial charge < -0.3 is 4.57 Å². The minimum Gasteiger partial charge on any atom is -0.349 e. The number of rotatable bonds is 2. The van der Waals surface area contributed by atoms with Crippen LogP contribution in [0.1, 0.15) is 24.2 Å². The van der Waals surface area contributed by atoms with E-state index in [4.69, 9.17) is 0 Å². The molecule has 0 fully saturated rings. The van der Waals surface area contributed by atoms with Gasteiger partial charge >= 0.3 is 0 Å². The molecule has 1 aliphatic rings. The lowest BCUT2D eigenvalue weighted by Crippen LogP contribution is -2.37. The lowest BCUT2D eigenvalue weighted by Gasteiger charge is -2.34. The van der Waals surface area contributed by atoms with E-state index in [1.54, 1.807) is 12.3 Å². The normalized spacial score (nSPS) is 16.5. The van der Waals surface area contributed by atoms with Crippen molar-refractivity contribution in [3.63, 3.8) is 0 Å². The molecule has 0 bridgehead atoms. The molecule has 3 nitrogen and oxygen atoms in total. The first-order valence-corrected chi connectivity index (χ1v) is 6.93. The van der Waals surface area contributed by atoms with Crippen LogP contribution in [0.4, 0.5) is 8.78 Å². The second-order valence-electron chi connectivity index (χ2n) is 5.36. The van der Waals surface area contributed by atoms with Crippen LogP contribution < -0.4 is 5.43 Å². The quantitative estimate of drug-likeness (QED) is 0.849. The summed E-state index contributed by atoms with van der Waals surface area (Å²) in [5.41, 5.74) is 1.21. The summed E-state index contributed by atoms with van der Waals surface area (Å²) < 4.78 is 29.2. The summed E-state index contributed by atoms with van der Waals surface area (Å²) >= 11 is 0. The summed E-state index contributed by atoms with van der Waals surface area (Å²) in [6.07, 6.45) is 1.78. The summed E-state index contributed by atoms with van der Waals surface area (Å²) in [7, 11) is 0. The van der Waals surface area contributed by atoms with Gasteiger partial charge in [-0.05, 0) is 25.1 Å². The first-order valence-electron chi connectivity index (χ1n) is 6.93. The van der Waals surface area contributed by atoms with Crippen LogP contribution in [0.3, 0.4) is 0 Å². The second-order valence-corrected chi connectivity index (χ2v) is 5.36. The van der Waals surface area contributed by atoms with Gasteiger partial charge in [-0.25, -0.2) is 8.78 Å². The van der Waals surface area contributed by atoms with Gasteiger partial charge in [0.2, 0.25) is 0 Å². The van der Waals surface area contributed by atoms with Crippen LogP contribution in [-0.2, 0) is 13.1 Å². The number of nitrogens with zero attached hydrogens (tertiary/aromatic N) is 2. The molecule has 0 spiro atoms. The molecule has 3 rings (SSSR count). The fraction of sp³-hybridized carbons (Fsp3) is 0.312. The first kappa shape index (κ1) is 13.9. The average Bonchev–Trinajstić information content (AvgIpc) is 2.48. The SMILES string of the molecule is CC(c1cc(F)ccc1F)N1CCn2ccc(=O)cc2C1. The van der Waals surface area contributed by atoms with E-state index in [0.29, 0.717) is 12.1 Å². The Morgan fingerprint density at radius 1 is 1.14 bits per heavy atom. The zero-order valence-electron chi connectivity index (χ0n) is 11.7. The predicted octanol–water partition coefficient (Wildman–Crippen LogP) is 2.70. The molecule has 1 atom stereocenters. The van der Waals surface area contributed by atoms with Gasteiger partial charge in [0.05, 0.1) is 0 Å². The number of hydrogen-bond donors (Lipinski definition) is 0. The third-order valence-electron chi connectivity index (χ3n) is 4.05. The molecule has 0 saturated carbocycles. The zero-order chi connectivity index (χ0) is 15.0. The monoisotopic (exact) mass is 290 g/mol. The van der Waals surface area contributed by atoms with Gasteiger partial charge in [0, 0.05) is 55.3 Å². The van der Waals surface area contributed by atoms with E-state index in [2.05, 4.69) is 0 Å². The highest BCUT2D eigenvalue weighted by Crippen LogP contribution is 2.27. The van der Waals surface area contributed by atoms with Crippen molar-refractivity contribution in [1.29, 1.82) is 0 Å². The van der Waals surface area contributed by atoms with Crippen LogP contribution in [0.2, 0.25) is 0 Å². The summed E-state index contributed by atoms with van der Waals surface area (Å²) in [6.45, 7) is 3.87. The number of benzene rings is 1. The van der Waals surface area contributed by atoms with Crippen molar-refractivity contribution in [2.75, 3.05) is 6.54 Å². The Balaban J connectivity index is 1.88. The van der Waals surface area contributed by atoms with Crippen molar-refractivity contribution in [3.05, 3.63) is 69.6 Å². The zero-order valence-corrected chi connectivity index (χ0v) is 11.7. The second kappa shape index (κ2) is 5.41. The van der Waals surface area contributed by atoms with Gasteiger partial charge in [-0.15, -0.1) is 0 Å². The van der Waals surface area contributed by atoms with Crippen LogP contribution in [0.15, 0.2) is 41.3 Å². The fourth-order valence-corrected chi connectivity index (χ4v) is 2.79. The summed E-state index contributed by atoms with van der Waals surface area (Å²) in [5, 5.41) is 0. The highest BCUT2D eigenvalue weighted by atomic mass is 19.1. The summed E-state index contributed by atoms with van der Waals surface area (Å²) in [6, 6.07) is 6.41. The molecule has 2 heterocycles. The van der Waals surface area contributed by atoms with Crippen molar-refractivity contribution >= 4 is 0 Å². The standard InChI is InChI=1S/C16H16F2N2O/c1-11(15-8-12(17)2-3-16(15)18)20-7-6-19-5-4-14(21)9-13(19)10-20/h2-5,8-9,11H,6-7,10H2,1H3. The average molecular weight is 290 g/mol. The highest BCUT2D eigenvalue weighted by Gasteiger charge is 2.23. The van der Waals surface area contributed by atoms with Gasteiger partial charge in [0.1, 0.15) is 11.6 Å². The minimum atomic E-state index is -0.438. The maximum Gasteiger partial charge on any atom is 0.181 e. The molecule has 21 heavy (non-hydrogen) atoms. The number of pyridine rings is 1. The van der Waals surface area contributed by atoms with Crippen molar-refractivity contribution in [3.8, 4) is 0 Å². The third-order valence-corrected chi connectivity index (χ3v) is 4.05. The Kier molecular flexibility index (Phi) is 3.59. The van der Waals surface area contributed by atoms with Crippen molar-refractivity contribution in [1.82, 2.24) is 9.47 Å². The van der Waals surface area contributed by atoms with Crippen molar-refractivity contribution in [2.24, 2.45) is 0 Å². The van der Waals surface area contributed by atoms with Crippen molar-refractivity contribution in [2.45, 2.75) is 26.1 Å². The van der Waals surface area contributed by atoms with Gasteiger partial charge in [0.25, 0.3) is 0 Å². The highest BCUT2D eigenvalue weighted by molar-refractivity contribution is 5.22. The molecular formula is C16H16F2N2O. The summed E-state index contributed by atoms with van der Waals surface area (Å²) in [5.74, 6) is -0.841. The number of fused-ring (bicyclic) bond motifs is 1. The maximum absolute atomic E-state index is 13.9. The Labute approximate surface area is 121 Å².